The molecule has 0 radical (unpaired) electrons. The Labute approximate surface area is 69.7 Å². The van der Waals surface area contributed by atoms with Crippen molar-refractivity contribution in [3.63, 3.8) is 0 Å². The quantitative estimate of drug-likeness (QED) is 0.184. The van der Waals surface area contributed by atoms with Crippen LogP contribution in [0.25, 0.3) is 0 Å². The molecule has 0 saturated heterocycles. The highest BCUT2D eigenvalue weighted by atomic mass is 16.1. The first-order valence-corrected chi connectivity index (χ1v) is 3.29. The maximum Gasteiger partial charge on any atom is 0.228 e. The summed E-state index contributed by atoms with van der Waals surface area (Å²) >= 11 is 0. The van der Waals surface area contributed by atoms with Crippen molar-refractivity contribution in [2.45, 2.75) is 0 Å². The maximum atomic E-state index is 10.2. The number of rotatable bonds is 2. The van der Waals surface area contributed by atoms with Gasteiger partial charge in [-0.05, 0) is 18.2 Å². The second-order valence-corrected chi connectivity index (χ2v) is 2.33. The third-order valence-corrected chi connectivity index (χ3v) is 1.48. The lowest BCUT2D eigenvalue weighted by molar-refractivity contribution is -0.107. The monoisotopic (exact) mass is 166 g/mol. The molecule has 0 fully saturated rings. The topological polar surface area (TPSA) is 98.4 Å². The Morgan fingerprint density at radius 3 is 2.42 bits per heavy atom. The van der Waals surface area contributed by atoms with Gasteiger partial charge in [0.1, 0.15) is 0 Å². The number of amides is 1. The average molecular weight is 166 g/mol. The smallest absolute Gasteiger partial charge is 0.228 e. The Kier molecular flexibility index (Phi) is 2.16. The van der Waals surface area contributed by atoms with Crippen molar-refractivity contribution in [2.24, 2.45) is 5.84 Å². The van der Waals surface area contributed by atoms with Crippen LogP contribution in [0.1, 0.15) is 0 Å². The van der Waals surface area contributed by atoms with Gasteiger partial charge in [0.25, 0.3) is 0 Å². The highest BCUT2D eigenvalue weighted by Gasteiger charge is 2.01. The molecule has 1 rings (SSSR count). The summed E-state index contributed by atoms with van der Waals surface area (Å²) in [6.45, 7) is 0. The fourth-order valence-electron chi connectivity index (χ4n) is 0.784. The molecule has 5 heteroatoms. The van der Waals surface area contributed by atoms with Crippen molar-refractivity contribution >= 4 is 23.5 Å². The minimum absolute atomic E-state index is 0.407. The number of hydrazine groups is 1. The van der Waals surface area contributed by atoms with Gasteiger partial charge in [-0.3, -0.25) is 9.80 Å². The van der Waals surface area contributed by atoms with Crippen LogP contribution in [0.15, 0.2) is 18.2 Å². The van der Waals surface area contributed by atoms with Gasteiger partial charge >= 0.3 is 0 Å². The second kappa shape index (κ2) is 3.10. The number of carbonyl (C=O) groups excluding carboxylic acids is 1. The van der Waals surface area contributed by atoms with Crippen LogP contribution < -0.4 is 22.3 Å². The van der Waals surface area contributed by atoms with E-state index in [1.807, 2.05) is 0 Å². The summed E-state index contributed by atoms with van der Waals surface area (Å²) in [4.78, 5) is 10.2. The van der Waals surface area contributed by atoms with Gasteiger partial charge < -0.3 is 11.5 Å². The molecular formula is C7H10N4O. The molecule has 0 heterocycles. The Bertz CT molecular complexity index is 299. The highest BCUT2D eigenvalue weighted by Crippen LogP contribution is 2.20. The van der Waals surface area contributed by atoms with E-state index in [-0.39, 0.29) is 0 Å². The lowest BCUT2D eigenvalue weighted by Crippen LogP contribution is -2.28. The van der Waals surface area contributed by atoms with Crippen molar-refractivity contribution in [3.8, 4) is 0 Å². The number of anilines is 3. The van der Waals surface area contributed by atoms with Crippen molar-refractivity contribution < 1.29 is 4.79 Å². The first-order chi connectivity index (χ1) is 5.65. The molecule has 0 unspecified atom stereocenters. The predicted molar refractivity (Wildman–Crippen MR) is 48.0 cm³/mol. The molecular weight excluding hydrogens is 156 g/mol. The summed E-state index contributed by atoms with van der Waals surface area (Å²) in [6, 6.07) is 4.73. The molecule has 0 bridgehead atoms. The summed E-state index contributed by atoms with van der Waals surface area (Å²) in [6.07, 6.45) is 0.491. The zero-order chi connectivity index (χ0) is 9.14. The molecule has 0 saturated carbocycles. The number of hydrogen-bond acceptors (Lipinski definition) is 4. The average Bonchev–Trinajstić information content (AvgIpc) is 2.08. The molecule has 5 nitrogen and oxygen atoms in total. The van der Waals surface area contributed by atoms with E-state index >= 15 is 0 Å². The molecule has 1 aromatic carbocycles. The van der Waals surface area contributed by atoms with Gasteiger partial charge in [-0.1, -0.05) is 0 Å². The molecule has 12 heavy (non-hydrogen) atoms. The number of carbonyl (C=O) groups is 1. The summed E-state index contributed by atoms with van der Waals surface area (Å²) in [5.41, 5.74) is 12.3. The Morgan fingerprint density at radius 1 is 1.25 bits per heavy atom. The van der Waals surface area contributed by atoms with E-state index in [4.69, 9.17) is 17.3 Å². The van der Waals surface area contributed by atoms with Crippen LogP contribution in [-0.2, 0) is 4.79 Å². The molecule has 1 aromatic rings. The van der Waals surface area contributed by atoms with Gasteiger partial charge in [0.15, 0.2) is 0 Å². The van der Waals surface area contributed by atoms with Crippen LogP contribution in [-0.4, -0.2) is 6.41 Å². The summed E-state index contributed by atoms with van der Waals surface area (Å²) < 4.78 is 0. The molecule has 0 atom stereocenters. The Morgan fingerprint density at radius 2 is 1.92 bits per heavy atom. The minimum atomic E-state index is 0.407. The van der Waals surface area contributed by atoms with Crippen LogP contribution in [0.2, 0.25) is 0 Å². The SMILES string of the molecule is Nc1ccc(N(N)C=O)cc1N. The zero-order valence-corrected chi connectivity index (χ0v) is 6.40. The van der Waals surface area contributed by atoms with E-state index in [2.05, 4.69) is 0 Å². The molecule has 0 spiro atoms. The first-order valence-electron chi connectivity index (χ1n) is 3.29. The van der Waals surface area contributed by atoms with E-state index in [0.29, 0.717) is 23.5 Å². The van der Waals surface area contributed by atoms with E-state index in [1.165, 1.54) is 6.07 Å². The Hall–Kier alpha value is -1.75. The van der Waals surface area contributed by atoms with E-state index in [0.717, 1.165) is 5.01 Å². The minimum Gasteiger partial charge on any atom is -0.397 e. The third kappa shape index (κ3) is 1.46. The second-order valence-electron chi connectivity index (χ2n) is 2.33. The maximum absolute atomic E-state index is 10.2. The van der Waals surface area contributed by atoms with Crippen LogP contribution in [0.3, 0.4) is 0 Å². The van der Waals surface area contributed by atoms with Gasteiger partial charge in [0, 0.05) is 0 Å². The van der Waals surface area contributed by atoms with Crippen molar-refractivity contribution in [2.75, 3.05) is 16.5 Å². The van der Waals surface area contributed by atoms with Gasteiger partial charge in [0.2, 0.25) is 6.41 Å². The zero-order valence-electron chi connectivity index (χ0n) is 6.40. The fourth-order valence-corrected chi connectivity index (χ4v) is 0.784. The standard InChI is InChI=1S/C7H10N4O/c8-6-2-1-5(3-7(6)9)11(10)4-12/h1-4H,8-10H2. The molecule has 1 amide bonds. The van der Waals surface area contributed by atoms with Gasteiger partial charge in [-0.2, -0.15) is 0 Å². The molecule has 6 N–H and O–H groups in total. The number of nitrogens with two attached hydrogens (primary N) is 3. The third-order valence-electron chi connectivity index (χ3n) is 1.48. The first kappa shape index (κ1) is 8.35. The molecule has 0 aromatic heterocycles. The molecule has 64 valence electrons. The lowest BCUT2D eigenvalue weighted by Gasteiger charge is -2.11. The van der Waals surface area contributed by atoms with Crippen LogP contribution in [0, 0.1) is 0 Å². The van der Waals surface area contributed by atoms with Gasteiger partial charge in [0.05, 0.1) is 17.1 Å². The van der Waals surface area contributed by atoms with E-state index in [1.54, 1.807) is 12.1 Å². The van der Waals surface area contributed by atoms with Crippen LogP contribution in [0.5, 0.6) is 0 Å². The molecule has 0 aliphatic carbocycles. The number of nitrogens with zero attached hydrogens (tertiary/aromatic N) is 1. The lowest BCUT2D eigenvalue weighted by atomic mass is 10.2. The van der Waals surface area contributed by atoms with Crippen LogP contribution in [0.4, 0.5) is 17.1 Å². The number of nitrogen functional groups attached to an aromatic ring is 2. The van der Waals surface area contributed by atoms with Crippen molar-refractivity contribution in [1.82, 2.24) is 0 Å². The van der Waals surface area contributed by atoms with Crippen molar-refractivity contribution in [1.29, 1.82) is 0 Å². The van der Waals surface area contributed by atoms with Gasteiger partial charge in [-0.15, -0.1) is 0 Å². The summed E-state index contributed by atoms with van der Waals surface area (Å²) in [5.74, 6) is 5.28. The molecule has 0 aliphatic heterocycles. The fraction of sp³-hybridized carbons (Fsp3) is 0. The van der Waals surface area contributed by atoms with Crippen molar-refractivity contribution in [3.05, 3.63) is 18.2 Å². The highest BCUT2D eigenvalue weighted by molar-refractivity contribution is 5.78. The number of benzene rings is 1. The Balaban J connectivity index is 3.04. The van der Waals surface area contributed by atoms with E-state index < -0.39 is 0 Å². The van der Waals surface area contributed by atoms with Crippen LogP contribution >= 0.6 is 0 Å². The predicted octanol–water partition coefficient (Wildman–Crippen LogP) is -0.312. The summed E-state index contributed by atoms with van der Waals surface area (Å²) in [7, 11) is 0. The van der Waals surface area contributed by atoms with Gasteiger partial charge in [-0.25, -0.2) is 5.84 Å². The normalized spacial score (nSPS) is 9.42. The molecule has 0 aliphatic rings. The largest absolute Gasteiger partial charge is 0.397 e. The van der Waals surface area contributed by atoms with E-state index in [9.17, 15) is 4.79 Å². The summed E-state index contributed by atoms with van der Waals surface area (Å²) in [5, 5.41) is 0.926. The number of hydrogen-bond donors (Lipinski definition) is 3.